The highest BCUT2D eigenvalue weighted by molar-refractivity contribution is 6.76. The molecule has 1 aromatic rings. The largest absolute Gasteiger partial charge is 0.499 e. The number of hydrogen-bond acceptors (Lipinski definition) is 6. The lowest BCUT2D eigenvalue weighted by molar-refractivity contribution is -0.131. The number of fused-ring (bicyclic) bond motifs is 1. The zero-order valence-electron chi connectivity index (χ0n) is 20.7. The second-order valence-corrected chi connectivity index (χ2v) is 16.0. The Bertz CT molecular complexity index is 926. The van der Waals surface area contributed by atoms with Crippen LogP contribution >= 0.6 is 0 Å². The third-order valence-electron chi connectivity index (χ3n) is 7.20. The maximum atomic E-state index is 13.1. The maximum Gasteiger partial charge on any atom is 0.223 e. The Morgan fingerprint density at radius 1 is 1.09 bits per heavy atom. The number of methoxy groups -OCH3 is 3. The molecule has 2 heterocycles. The van der Waals surface area contributed by atoms with Crippen molar-refractivity contribution in [2.75, 3.05) is 41.3 Å². The summed E-state index contributed by atoms with van der Waals surface area (Å²) in [5.41, 5.74) is 1.74. The van der Waals surface area contributed by atoms with Gasteiger partial charge in [0.25, 0.3) is 0 Å². The Labute approximate surface area is 198 Å². The van der Waals surface area contributed by atoms with E-state index in [9.17, 15) is 4.79 Å². The van der Waals surface area contributed by atoms with Crippen LogP contribution < -0.4 is 9.47 Å². The molecular weight excluding hydrogens is 438 g/mol. The molecule has 0 radical (unpaired) electrons. The minimum absolute atomic E-state index is 0.0908. The summed E-state index contributed by atoms with van der Waals surface area (Å²) in [6, 6.07) is 5.19. The molecule has 1 saturated heterocycles. The summed E-state index contributed by atoms with van der Waals surface area (Å²) >= 11 is 0. The predicted molar refractivity (Wildman–Crippen MR) is 128 cm³/mol. The number of ether oxygens (including phenoxy) is 5. The van der Waals surface area contributed by atoms with Crippen LogP contribution in [-0.4, -0.2) is 66.3 Å². The van der Waals surface area contributed by atoms with Crippen molar-refractivity contribution in [3.63, 3.8) is 0 Å². The van der Waals surface area contributed by atoms with Crippen LogP contribution in [0, 0.1) is 5.92 Å². The highest BCUT2D eigenvalue weighted by Crippen LogP contribution is 2.55. The molecule has 182 valence electrons. The standard InChI is InChI=1S/C25H37NO6Si/c1-28-20-11-17-7-8-26-24(27)13-18-12-22(32-16-31-9-10-33(4,5)6)23(30-3)15-25(18,26)19(17)14-21(20)29-2/h11,14-15,18,22H,7-10,12-13,16H2,1-6H3/t18?,22-,25+/m1/s1. The molecule has 1 aliphatic carbocycles. The van der Waals surface area contributed by atoms with E-state index in [0.29, 0.717) is 37.5 Å². The van der Waals surface area contributed by atoms with Crippen molar-refractivity contribution in [2.45, 2.75) is 56.6 Å². The number of nitrogens with zero attached hydrogens (tertiary/aromatic N) is 1. The van der Waals surface area contributed by atoms with Crippen LogP contribution in [0.25, 0.3) is 0 Å². The average Bonchev–Trinajstić information content (AvgIpc) is 3.07. The second kappa shape index (κ2) is 9.31. The van der Waals surface area contributed by atoms with Crippen LogP contribution in [0.2, 0.25) is 25.7 Å². The van der Waals surface area contributed by atoms with Gasteiger partial charge in [-0.2, -0.15) is 0 Å². The molecule has 33 heavy (non-hydrogen) atoms. The topological polar surface area (TPSA) is 66.5 Å². The fourth-order valence-corrected chi connectivity index (χ4v) is 6.20. The van der Waals surface area contributed by atoms with Crippen molar-refractivity contribution in [1.29, 1.82) is 0 Å². The minimum Gasteiger partial charge on any atom is -0.499 e. The summed E-state index contributed by atoms with van der Waals surface area (Å²) in [7, 11) is 3.82. The Kier molecular flexibility index (Phi) is 6.80. The zero-order chi connectivity index (χ0) is 23.8. The molecule has 1 aromatic carbocycles. The first kappa shape index (κ1) is 24.1. The molecule has 8 heteroatoms. The average molecular weight is 476 g/mol. The van der Waals surface area contributed by atoms with Crippen LogP contribution in [0.4, 0.5) is 0 Å². The lowest BCUT2D eigenvalue weighted by Gasteiger charge is -2.48. The fourth-order valence-electron chi connectivity index (χ4n) is 5.44. The minimum atomic E-state index is -1.14. The molecule has 1 fully saturated rings. The Morgan fingerprint density at radius 3 is 2.48 bits per heavy atom. The summed E-state index contributed by atoms with van der Waals surface area (Å²) in [5.74, 6) is 2.41. The SMILES string of the molecule is COC1=C[C@]23c4cc(OC)c(OC)cc4CCN2C(=O)CC3C[C@H]1OCOCC[Si](C)(C)C. The zero-order valence-corrected chi connectivity index (χ0v) is 21.7. The molecule has 0 N–H and O–H groups in total. The highest BCUT2D eigenvalue weighted by atomic mass is 28.3. The molecule has 0 bridgehead atoms. The smallest absolute Gasteiger partial charge is 0.223 e. The van der Waals surface area contributed by atoms with Crippen molar-refractivity contribution >= 4 is 14.0 Å². The van der Waals surface area contributed by atoms with Crippen molar-refractivity contribution in [3.05, 3.63) is 35.1 Å². The first-order valence-electron chi connectivity index (χ1n) is 11.8. The van der Waals surface area contributed by atoms with Crippen LogP contribution in [0.1, 0.15) is 24.0 Å². The van der Waals surface area contributed by atoms with Gasteiger partial charge in [-0.3, -0.25) is 4.79 Å². The van der Waals surface area contributed by atoms with Crippen LogP contribution in [0.5, 0.6) is 11.5 Å². The van der Waals surface area contributed by atoms with Gasteiger partial charge in [0.2, 0.25) is 5.91 Å². The van der Waals surface area contributed by atoms with Crippen molar-refractivity contribution in [2.24, 2.45) is 5.92 Å². The van der Waals surface area contributed by atoms with Gasteiger partial charge in [0.15, 0.2) is 11.5 Å². The molecule has 4 rings (SSSR count). The van der Waals surface area contributed by atoms with Gasteiger partial charge in [0.1, 0.15) is 18.7 Å². The lowest BCUT2D eigenvalue weighted by atomic mass is 9.69. The van der Waals surface area contributed by atoms with E-state index in [-0.39, 0.29) is 24.7 Å². The third-order valence-corrected chi connectivity index (χ3v) is 8.90. The van der Waals surface area contributed by atoms with E-state index in [0.717, 1.165) is 23.8 Å². The van der Waals surface area contributed by atoms with E-state index in [4.69, 9.17) is 23.7 Å². The van der Waals surface area contributed by atoms with Gasteiger partial charge in [-0.25, -0.2) is 0 Å². The molecule has 7 nitrogen and oxygen atoms in total. The first-order valence-corrected chi connectivity index (χ1v) is 15.5. The Hall–Kier alpha value is -2.03. The van der Waals surface area contributed by atoms with E-state index in [1.165, 1.54) is 5.56 Å². The number of benzene rings is 1. The Morgan fingerprint density at radius 2 is 1.82 bits per heavy atom. The first-order chi connectivity index (χ1) is 15.7. The Balaban J connectivity index is 1.63. The molecule has 1 unspecified atom stereocenters. The summed E-state index contributed by atoms with van der Waals surface area (Å²) < 4.78 is 28.9. The van der Waals surface area contributed by atoms with E-state index in [2.05, 4.69) is 31.8 Å². The summed E-state index contributed by atoms with van der Waals surface area (Å²) in [6.07, 6.45) is 3.88. The summed E-state index contributed by atoms with van der Waals surface area (Å²) in [5, 5.41) is 0. The number of amides is 1. The van der Waals surface area contributed by atoms with Gasteiger partial charge in [0, 0.05) is 33.6 Å². The van der Waals surface area contributed by atoms with Gasteiger partial charge in [0.05, 0.1) is 26.9 Å². The second-order valence-electron chi connectivity index (χ2n) is 10.4. The molecule has 0 saturated carbocycles. The molecular formula is C25H37NO6Si. The molecule has 1 spiro atoms. The summed E-state index contributed by atoms with van der Waals surface area (Å²) in [6.45, 7) is 8.62. The van der Waals surface area contributed by atoms with E-state index >= 15 is 0 Å². The van der Waals surface area contributed by atoms with Crippen LogP contribution in [0.15, 0.2) is 24.0 Å². The van der Waals surface area contributed by atoms with Gasteiger partial charge in [-0.15, -0.1) is 0 Å². The van der Waals surface area contributed by atoms with Crippen molar-refractivity contribution < 1.29 is 28.5 Å². The normalized spacial score (nSPS) is 26.3. The number of carbonyl (C=O) groups is 1. The van der Waals surface area contributed by atoms with Gasteiger partial charge >= 0.3 is 0 Å². The van der Waals surface area contributed by atoms with Gasteiger partial charge in [-0.05, 0) is 48.2 Å². The van der Waals surface area contributed by atoms with E-state index < -0.39 is 13.6 Å². The molecule has 1 amide bonds. The number of carbonyl (C=O) groups excluding carboxylic acids is 1. The lowest BCUT2D eigenvalue weighted by Crippen LogP contribution is -2.52. The van der Waals surface area contributed by atoms with Crippen molar-refractivity contribution in [3.8, 4) is 11.5 Å². The molecule has 0 aromatic heterocycles. The van der Waals surface area contributed by atoms with Crippen molar-refractivity contribution in [1.82, 2.24) is 4.90 Å². The quantitative estimate of drug-likeness (QED) is 0.306. The van der Waals surface area contributed by atoms with E-state index in [1.807, 2.05) is 11.0 Å². The summed E-state index contributed by atoms with van der Waals surface area (Å²) in [4.78, 5) is 15.1. The maximum absolute atomic E-state index is 13.1. The molecule has 2 aliphatic heterocycles. The molecule has 3 aliphatic rings. The fraction of sp³-hybridized carbons (Fsp3) is 0.640. The number of hydrogen-bond donors (Lipinski definition) is 0. The third kappa shape index (κ3) is 4.40. The van der Waals surface area contributed by atoms with Crippen LogP contribution in [0.3, 0.4) is 0 Å². The molecule has 3 atom stereocenters. The predicted octanol–water partition coefficient (Wildman–Crippen LogP) is 3.94. The van der Waals surface area contributed by atoms with E-state index in [1.54, 1.807) is 21.3 Å². The van der Waals surface area contributed by atoms with Gasteiger partial charge < -0.3 is 28.6 Å². The highest BCUT2D eigenvalue weighted by Gasteiger charge is 2.58. The number of rotatable bonds is 9. The van der Waals surface area contributed by atoms with Crippen LogP contribution in [-0.2, 0) is 31.0 Å². The monoisotopic (exact) mass is 475 g/mol. The van der Waals surface area contributed by atoms with Gasteiger partial charge in [-0.1, -0.05) is 19.6 Å².